The molecule has 2 aromatic carbocycles. The Bertz CT molecular complexity index is 800. The van der Waals surface area contributed by atoms with Crippen molar-refractivity contribution in [2.45, 2.75) is 6.54 Å². The van der Waals surface area contributed by atoms with Gasteiger partial charge >= 0.3 is 0 Å². The third kappa shape index (κ3) is 2.44. The van der Waals surface area contributed by atoms with E-state index in [1.165, 1.54) is 6.07 Å². The molecule has 0 saturated carbocycles. The van der Waals surface area contributed by atoms with E-state index in [0.29, 0.717) is 22.7 Å². The summed E-state index contributed by atoms with van der Waals surface area (Å²) in [6, 6.07) is 13.8. The van der Waals surface area contributed by atoms with Crippen LogP contribution in [-0.2, 0) is 6.54 Å². The summed E-state index contributed by atoms with van der Waals surface area (Å²) in [5.74, 6) is 0.338. The van der Waals surface area contributed by atoms with Gasteiger partial charge < -0.3 is 10.5 Å². The predicted molar refractivity (Wildman–Crippen MR) is 81.2 cm³/mol. The van der Waals surface area contributed by atoms with Crippen LogP contribution in [0.4, 0.5) is 4.39 Å². The summed E-state index contributed by atoms with van der Waals surface area (Å²) in [6.45, 7) is 0.174. The highest BCUT2D eigenvalue weighted by molar-refractivity contribution is 5.65. The number of benzene rings is 2. The van der Waals surface area contributed by atoms with Gasteiger partial charge in [0, 0.05) is 18.2 Å². The van der Waals surface area contributed by atoms with E-state index >= 15 is 0 Å². The zero-order chi connectivity index (χ0) is 15.5. The van der Waals surface area contributed by atoms with Crippen LogP contribution in [0.3, 0.4) is 0 Å². The Morgan fingerprint density at radius 3 is 2.73 bits per heavy atom. The highest BCUT2D eigenvalue weighted by atomic mass is 19.1. The first-order valence-electron chi connectivity index (χ1n) is 6.78. The molecule has 1 heterocycles. The summed E-state index contributed by atoms with van der Waals surface area (Å²) < 4.78 is 21.0. The Morgan fingerprint density at radius 2 is 2.00 bits per heavy atom. The average molecular weight is 298 g/mol. The molecule has 0 aliphatic heterocycles. The van der Waals surface area contributed by atoms with Gasteiger partial charge in [-0.2, -0.15) is 0 Å². The van der Waals surface area contributed by atoms with Crippen molar-refractivity contribution in [1.82, 2.24) is 15.0 Å². The van der Waals surface area contributed by atoms with E-state index in [2.05, 4.69) is 10.3 Å². The molecule has 0 fully saturated rings. The van der Waals surface area contributed by atoms with Crippen LogP contribution >= 0.6 is 0 Å². The van der Waals surface area contributed by atoms with Crippen LogP contribution in [0.15, 0.2) is 48.5 Å². The third-order valence-corrected chi connectivity index (χ3v) is 3.36. The molecule has 0 saturated heterocycles. The van der Waals surface area contributed by atoms with Crippen LogP contribution in [0.1, 0.15) is 5.69 Å². The van der Waals surface area contributed by atoms with Crippen molar-refractivity contribution in [2.24, 2.45) is 5.73 Å². The quantitative estimate of drug-likeness (QED) is 0.804. The Morgan fingerprint density at radius 1 is 1.18 bits per heavy atom. The number of aromatic nitrogens is 3. The summed E-state index contributed by atoms with van der Waals surface area (Å²) in [6.07, 6.45) is 0. The van der Waals surface area contributed by atoms with Gasteiger partial charge in [0.15, 0.2) is 0 Å². The summed E-state index contributed by atoms with van der Waals surface area (Å²) in [5, 5.41) is 8.18. The van der Waals surface area contributed by atoms with Gasteiger partial charge in [-0.1, -0.05) is 23.4 Å². The van der Waals surface area contributed by atoms with Gasteiger partial charge in [-0.05, 0) is 24.3 Å². The normalized spacial score (nSPS) is 10.7. The molecule has 0 bridgehead atoms. The molecule has 0 spiro atoms. The van der Waals surface area contributed by atoms with Crippen molar-refractivity contribution < 1.29 is 9.13 Å². The fourth-order valence-electron chi connectivity index (χ4n) is 2.30. The van der Waals surface area contributed by atoms with Crippen LogP contribution in [-0.4, -0.2) is 22.1 Å². The molecule has 0 aliphatic rings. The molecule has 1 aromatic heterocycles. The molecule has 6 heteroatoms. The van der Waals surface area contributed by atoms with Crippen LogP contribution in [0.25, 0.3) is 16.9 Å². The van der Waals surface area contributed by atoms with E-state index in [-0.39, 0.29) is 12.4 Å². The highest BCUT2D eigenvalue weighted by Gasteiger charge is 2.18. The Balaban J connectivity index is 2.21. The minimum atomic E-state index is -0.344. The number of hydrogen-bond acceptors (Lipinski definition) is 4. The topological polar surface area (TPSA) is 66.0 Å². The van der Waals surface area contributed by atoms with Gasteiger partial charge in [0.05, 0.1) is 12.8 Å². The fraction of sp³-hybridized carbons (Fsp3) is 0.125. The van der Waals surface area contributed by atoms with E-state index in [9.17, 15) is 4.39 Å². The number of nitrogens with two attached hydrogens (primary N) is 1. The Hall–Kier alpha value is -2.73. The number of ether oxygens (including phenoxy) is 1. The monoisotopic (exact) mass is 298 g/mol. The maximum absolute atomic E-state index is 14.2. The molecule has 0 radical (unpaired) electrons. The summed E-state index contributed by atoms with van der Waals surface area (Å²) in [5.41, 5.74) is 7.95. The molecule has 112 valence electrons. The number of hydrogen-bond donors (Lipinski definition) is 1. The van der Waals surface area contributed by atoms with Crippen molar-refractivity contribution in [2.75, 3.05) is 7.11 Å². The highest BCUT2D eigenvalue weighted by Crippen LogP contribution is 2.28. The molecular weight excluding hydrogens is 283 g/mol. The van der Waals surface area contributed by atoms with E-state index in [4.69, 9.17) is 10.5 Å². The molecule has 0 amide bonds. The molecule has 3 aromatic rings. The molecule has 3 rings (SSSR count). The maximum atomic E-state index is 14.2. The van der Waals surface area contributed by atoms with E-state index in [1.54, 1.807) is 36.1 Å². The lowest BCUT2D eigenvalue weighted by molar-refractivity contribution is 0.414. The zero-order valence-corrected chi connectivity index (χ0v) is 12.0. The van der Waals surface area contributed by atoms with Crippen molar-refractivity contribution in [3.63, 3.8) is 0 Å². The summed E-state index contributed by atoms with van der Waals surface area (Å²) >= 11 is 0. The van der Waals surface area contributed by atoms with E-state index in [0.717, 1.165) is 5.69 Å². The van der Waals surface area contributed by atoms with Gasteiger partial charge in [0.25, 0.3) is 0 Å². The summed E-state index contributed by atoms with van der Waals surface area (Å²) in [4.78, 5) is 0. The molecule has 2 N–H and O–H groups in total. The van der Waals surface area contributed by atoms with Gasteiger partial charge in [0.2, 0.25) is 0 Å². The lowest BCUT2D eigenvalue weighted by Gasteiger charge is -2.10. The zero-order valence-electron chi connectivity index (χ0n) is 12.0. The largest absolute Gasteiger partial charge is 0.497 e. The van der Waals surface area contributed by atoms with Gasteiger partial charge in [-0.25, -0.2) is 9.07 Å². The van der Waals surface area contributed by atoms with Crippen molar-refractivity contribution in [1.29, 1.82) is 0 Å². The number of methoxy groups -OCH3 is 1. The van der Waals surface area contributed by atoms with E-state index < -0.39 is 0 Å². The number of rotatable bonds is 4. The minimum Gasteiger partial charge on any atom is -0.497 e. The molecule has 0 atom stereocenters. The first-order valence-corrected chi connectivity index (χ1v) is 6.78. The fourth-order valence-corrected chi connectivity index (χ4v) is 2.30. The second-order valence-corrected chi connectivity index (χ2v) is 4.68. The van der Waals surface area contributed by atoms with Crippen molar-refractivity contribution in [3.8, 4) is 22.7 Å². The van der Waals surface area contributed by atoms with Crippen molar-refractivity contribution >= 4 is 0 Å². The first kappa shape index (κ1) is 14.2. The number of halogens is 1. The molecular formula is C16H15FN4O. The Kier molecular flexibility index (Phi) is 3.84. The van der Waals surface area contributed by atoms with Crippen molar-refractivity contribution in [3.05, 3.63) is 60.0 Å². The second-order valence-electron chi connectivity index (χ2n) is 4.68. The summed E-state index contributed by atoms with van der Waals surface area (Å²) in [7, 11) is 1.59. The second kappa shape index (κ2) is 5.95. The van der Waals surface area contributed by atoms with Crippen LogP contribution in [0.2, 0.25) is 0 Å². The first-order chi connectivity index (χ1) is 10.7. The van der Waals surface area contributed by atoms with Gasteiger partial charge in [0.1, 0.15) is 23.0 Å². The maximum Gasteiger partial charge on any atom is 0.132 e. The van der Waals surface area contributed by atoms with Crippen LogP contribution < -0.4 is 10.5 Å². The van der Waals surface area contributed by atoms with E-state index in [1.807, 2.05) is 18.2 Å². The molecule has 5 nitrogen and oxygen atoms in total. The SMILES string of the molecule is COc1cccc(-n2nnc(CN)c2-c2ccccc2F)c1. The molecule has 0 unspecified atom stereocenters. The smallest absolute Gasteiger partial charge is 0.132 e. The molecule has 22 heavy (non-hydrogen) atoms. The standard InChI is InChI=1S/C16H15FN4O/c1-22-12-6-4-5-11(9-12)21-16(15(10-18)19-20-21)13-7-2-3-8-14(13)17/h2-9H,10,18H2,1H3. The third-order valence-electron chi connectivity index (χ3n) is 3.36. The number of nitrogens with zero attached hydrogens (tertiary/aromatic N) is 3. The lowest BCUT2D eigenvalue weighted by atomic mass is 10.1. The van der Waals surface area contributed by atoms with Gasteiger partial charge in [-0.15, -0.1) is 5.10 Å². The van der Waals surface area contributed by atoms with Crippen LogP contribution in [0.5, 0.6) is 5.75 Å². The average Bonchev–Trinajstić information content (AvgIpc) is 2.99. The lowest BCUT2D eigenvalue weighted by Crippen LogP contribution is -2.04. The molecule has 0 aliphatic carbocycles. The minimum absolute atomic E-state index is 0.174. The van der Waals surface area contributed by atoms with Crippen LogP contribution in [0, 0.1) is 5.82 Å². The Labute approximate surface area is 127 Å². The predicted octanol–water partition coefficient (Wildman–Crippen LogP) is 2.54. The van der Waals surface area contributed by atoms with Gasteiger partial charge in [-0.3, -0.25) is 0 Å².